The van der Waals surface area contributed by atoms with Crippen molar-refractivity contribution >= 4 is 28.0 Å². The van der Waals surface area contributed by atoms with Gasteiger partial charge in [-0.3, -0.25) is 14.0 Å². The number of nitrogens with zero attached hydrogens (tertiary/aromatic N) is 1. The highest BCUT2D eigenvalue weighted by molar-refractivity contribution is 7.86. The van der Waals surface area contributed by atoms with Crippen LogP contribution in [0.2, 0.25) is 0 Å². The summed E-state index contributed by atoms with van der Waals surface area (Å²) in [6.07, 6.45) is 0.0558. The molecule has 1 aromatic rings. The second-order valence-electron chi connectivity index (χ2n) is 7.67. The summed E-state index contributed by atoms with van der Waals surface area (Å²) in [6.45, 7) is 5.46. The molecule has 0 radical (unpaired) electrons. The monoisotopic (exact) mass is 474 g/mol. The Hall–Kier alpha value is -2.57. The van der Waals surface area contributed by atoms with Crippen LogP contribution in [0.3, 0.4) is 0 Å². The molecule has 32 heavy (non-hydrogen) atoms. The van der Waals surface area contributed by atoms with Crippen molar-refractivity contribution in [2.24, 2.45) is 5.41 Å². The summed E-state index contributed by atoms with van der Waals surface area (Å²) in [7, 11) is -3.94. The first kappa shape index (κ1) is 27.5. The summed E-state index contributed by atoms with van der Waals surface area (Å²) in [6, 6.07) is 3.03. The van der Waals surface area contributed by atoms with Crippen LogP contribution in [0.4, 0.5) is 0 Å². The van der Waals surface area contributed by atoms with Gasteiger partial charge >= 0.3 is 11.9 Å². The Bertz CT molecular complexity index is 872. The molecule has 12 heteroatoms. The number of amides is 1. The third-order valence-corrected chi connectivity index (χ3v) is 5.50. The summed E-state index contributed by atoms with van der Waals surface area (Å²) in [4.78, 5) is 39.1. The van der Waals surface area contributed by atoms with Crippen molar-refractivity contribution in [2.75, 3.05) is 18.9 Å². The second kappa shape index (κ2) is 12.5. The Morgan fingerprint density at radius 1 is 1.25 bits per heavy atom. The Kier molecular flexibility index (Phi) is 10.7. The van der Waals surface area contributed by atoms with Crippen LogP contribution in [0.15, 0.2) is 24.5 Å². The number of nitrogens with one attached hydrogen (secondary N) is 1. The Morgan fingerprint density at radius 2 is 1.94 bits per heavy atom. The number of aliphatic hydroxyl groups excluding tert-OH is 1. The van der Waals surface area contributed by atoms with Gasteiger partial charge in [0, 0.05) is 37.7 Å². The molecule has 2 atom stereocenters. The Labute approximate surface area is 187 Å². The number of carbonyl (C=O) groups is 3. The number of pyridine rings is 1. The zero-order valence-corrected chi connectivity index (χ0v) is 19.4. The van der Waals surface area contributed by atoms with E-state index in [-0.39, 0.29) is 36.6 Å². The van der Waals surface area contributed by atoms with Gasteiger partial charge in [0.15, 0.2) is 6.10 Å². The van der Waals surface area contributed by atoms with Crippen LogP contribution in [0.1, 0.15) is 50.9 Å². The Balaban J connectivity index is 2.60. The van der Waals surface area contributed by atoms with E-state index >= 15 is 0 Å². The maximum Gasteiger partial charge on any atom is 0.342 e. The van der Waals surface area contributed by atoms with E-state index in [0.717, 1.165) is 0 Å². The molecule has 0 saturated heterocycles. The molecule has 1 unspecified atom stereocenters. The van der Waals surface area contributed by atoms with Crippen molar-refractivity contribution in [2.45, 2.75) is 52.9 Å². The van der Waals surface area contributed by atoms with Gasteiger partial charge in [-0.25, -0.2) is 9.59 Å². The molecule has 0 aliphatic heterocycles. The highest BCUT2D eigenvalue weighted by Gasteiger charge is 2.38. The van der Waals surface area contributed by atoms with Crippen molar-refractivity contribution in [1.82, 2.24) is 10.3 Å². The second-order valence-corrected chi connectivity index (χ2v) is 9.43. The number of ether oxygens (including phenoxy) is 2. The highest BCUT2D eigenvalue weighted by Crippen LogP contribution is 2.24. The molecule has 11 nitrogen and oxygen atoms in total. The van der Waals surface area contributed by atoms with Gasteiger partial charge in [0.2, 0.25) is 12.2 Å². The van der Waals surface area contributed by atoms with Gasteiger partial charge in [-0.1, -0.05) is 20.8 Å². The third-order valence-electron chi connectivity index (χ3n) is 4.24. The number of hydrogen-bond acceptors (Lipinski definition) is 10. The van der Waals surface area contributed by atoms with Crippen molar-refractivity contribution in [3.63, 3.8) is 0 Å². The molecule has 0 fully saturated rings. The molecule has 0 aliphatic carbocycles. The predicted molar refractivity (Wildman–Crippen MR) is 113 cm³/mol. The molecule has 1 rings (SSSR count). The molecule has 1 heterocycles. The zero-order chi connectivity index (χ0) is 24.4. The fourth-order valence-corrected chi connectivity index (χ4v) is 3.37. The lowest BCUT2D eigenvalue weighted by molar-refractivity contribution is -0.185. The lowest BCUT2D eigenvalue weighted by Gasteiger charge is -2.29. The summed E-state index contributed by atoms with van der Waals surface area (Å²) in [5, 5.41) is 12.8. The third kappa shape index (κ3) is 9.71. The van der Waals surface area contributed by atoms with Crippen molar-refractivity contribution in [1.29, 1.82) is 0 Å². The minimum absolute atomic E-state index is 0.129. The summed E-state index contributed by atoms with van der Waals surface area (Å²) < 4.78 is 39.1. The number of hydrogen-bond donors (Lipinski definition) is 2. The molecule has 1 amide bonds. The predicted octanol–water partition coefficient (Wildman–Crippen LogP) is 0.777. The van der Waals surface area contributed by atoms with Crippen LogP contribution < -0.4 is 5.32 Å². The minimum Gasteiger partial charge on any atom is -0.423 e. The van der Waals surface area contributed by atoms with Crippen LogP contribution in [0.5, 0.6) is 0 Å². The number of aliphatic hydroxyl groups is 1. The van der Waals surface area contributed by atoms with Gasteiger partial charge in [0.25, 0.3) is 10.1 Å². The van der Waals surface area contributed by atoms with Crippen LogP contribution in [0.25, 0.3) is 0 Å². The lowest BCUT2D eigenvalue weighted by atomic mass is 9.88. The quantitative estimate of drug-likeness (QED) is 0.181. The average molecular weight is 475 g/mol. The molecule has 0 bridgehead atoms. The van der Waals surface area contributed by atoms with Crippen molar-refractivity contribution in [3.8, 4) is 0 Å². The van der Waals surface area contributed by atoms with E-state index in [1.807, 2.05) is 0 Å². The first-order chi connectivity index (χ1) is 14.9. The molecule has 0 aliphatic rings. The lowest BCUT2D eigenvalue weighted by Crippen LogP contribution is -2.43. The van der Waals surface area contributed by atoms with E-state index in [2.05, 4.69) is 10.3 Å². The van der Waals surface area contributed by atoms with Gasteiger partial charge < -0.3 is 19.9 Å². The molecular formula is C20H30N2O9S. The molecule has 1 aromatic heterocycles. The first-order valence-electron chi connectivity index (χ1n) is 9.99. The summed E-state index contributed by atoms with van der Waals surface area (Å²) >= 11 is 0. The largest absolute Gasteiger partial charge is 0.423 e. The minimum atomic E-state index is -3.94. The van der Waals surface area contributed by atoms with Gasteiger partial charge in [-0.05, 0) is 18.6 Å². The van der Waals surface area contributed by atoms with Crippen molar-refractivity contribution in [3.05, 3.63) is 30.1 Å². The van der Waals surface area contributed by atoms with Crippen LogP contribution in [0, 0.1) is 5.41 Å². The van der Waals surface area contributed by atoms with E-state index in [0.29, 0.717) is 0 Å². The average Bonchev–Trinajstić information content (AvgIpc) is 2.74. The Morgan fingerprint density at radius 3 is 2.50 bits per heavy atom. The molecule has 2 N–H and O–H groups in total. The molecule has 0 saturated carbocycles. The van der Waals surface area contributed by atoms with E-state index < -0.39 is 46.5 Å². The SMILES string of the molecule is CCC(OC(=O)c1cccnc1)OC(=O)[C@H](O)C(C)(C)COS(=O)(=O)CCCNC(C)=O. The first-order valence-corrected chi connectivity index (χ1v) is 11.6. The maximum atomic E-state index is 12.4. The van der Waals surface area contributed by atoms with Crippen molar-refractivity contribution < 1.29 is 41.6 Å². The van der Waals surface area contributed by atoms with E-state index in [1.165, 1.54) is 39.2 Å². The number of esters is 2. The normalized spacial score (nSPS) is 13.7. The van der Waals surface area contributed by atoms with Crippen LogP contribution >= 0.6 is 0 Å². The zero-order valence-electron chi connectivity index (χ0n) is 18.6. The summed E-state index contributed by atoms with van der Waals surface area (Å²) in [5.74, 6) is -2.46. The number of rotatable bonds is 13. The van der Waals surface area contributed by atoms with E-state index in [1.54, 1.807) is 13.0 Å². The highest BCUT2D eigenvalue weighted by atomic mass is 32.2. The van der Waals surface area contributed by atoms with E-state index in [9.17, 15) is 27.9 Å². The van der Waals surface area contributed by atoms with Gasteiger partial charge in [-0.2, -0.15) is 8.42 Å². The van der Waals surface area contributed by atoms with Gasteiger partial charge in [0.05, 0.1) is 17.9 Å². The summed E-state index contributed by atoms with van der Waals surface area (Å²) in [5.41, 5.74) is -1.16. The number of aromatic nitrogens is 1. The molecule has 180 valence electrons. The standard InChI is InChI=1S/C20H30N2O9S/c1-5-16(30-18(25)15-8-6-9-21-12-15)31-19(26)17(24)20(3,4)13-29-32(27,28)11-7-10-22-14(2)23/h6,8-9,12,16-17,24H,5,7,10-11,13H2,1-4H3,(H,22,23)/t16?,17-/m0/s1. The fourth-order valence-electron chi connectivity index (χ4n) is 2.27. The maximum absolute atomic E-state index is 12.4. The fraction of sp³-hybridized carbons (Fsp3) is 0.600. The number of carbonyl (C=O) groups excluding carboxylic acids is 3. The molecule has 0 spiro atoms. The topological polar surface area (TPSA) is 158 Å². The van der Waals surface area contributed by atoms with Crippen LogP contribution in [-0.4, -0.2) is 67.7 Å². The molecular weight excluding hydrogens is 444 g/mol. The van der Waals surface area contributed by atoms with Crippen LogP contribution in [-0.2, 0) is 33.4 Å². The molecule has 0 aromatic carbocycles. The van der Waals surface area contributed by atoms with Gasteiger partial charge in [0.1, 0.15) is 0 Å². The van der Waals surface area contributed by atoms with Gasteiger partial charge in [-0.15, -0.1) is 0 Å². The smallest absolute Gasteiger partial charge is 0.342 e. The van der Waals surface area contributed by atoms with E-state index in [4.69, 9.17) is 13.7 Å².